The number of carbonyl (C=O) groups excluding carboxylic acids is 2. The number of amides is 2. The molecule has 4 aliphatic carbocycles. The maximum Gasteiger partial charge on any atom is 0.246 e. The lowest BCUT2D eigenvalue weighted by molar-refractivity contribution is -0.138. The van der Waals surface area contributed by atoms with Gasteiger partial charge in [-0.3, -0.25) is 9.59 Å². The van der Waals surface area contributed by atoms with E-state index in [-0.39, 0.29) is 16.7 Å². The lowest BCUT2D eigenvalue weighted by atomic mass is 9.48. The molecule has 0 bridgehead atoms. The summed E-state index contributed by atoms with van der Waals surface area (Å²) in [6.45, 7) is 4.86. The first kappa shape index (κ1) is 17.8. The number of fused-ring (bicyclic) bond motifs is 5. The van der Waals surface area contributed by atoms with Gasteiger partial charge >= 0.3 is 0 Å². The maximum absolute atomic E-state index is 12.4. The number of carbonyl (C=O) groups is 2. The molecule has 7 atom stereocenters. The molecule has 4 nitrogen and oxygen atoms in total. The molecule has 0 radical (unpaired) electrons. The third-order valence-corrected chi connectivity index (χ3v) is 9.39. The molecule has 4 fully saturated rings. The van der Waals surface area contributed by atoms with Crippen LogP contribution in [0.3, 0.4) is 0 Å². The van der Waals surface area contributed by atoms with Crippen LogP contribution in [0, 0.1) is 34.5 Å². The van der Waals surface area contributed by atoms with Gasteiger partial charge in [-0.15, -0.1) is 0 Å². The summed E-state index contributed by atoms with van der Waals surface area (Å²) in [5.41, 5.74) is 0.372. The standard InChI is InChI=1S/C23H34N2O2/c1-22-12-10-17-15(6-9-19-23(17,2)13-11-20(26)25(19)3)16(22)7-8-18(22)24-21(27)14-4-5-14/h11,13-19H,4-10,12H2,1-3H3,(H,24,27)/t15-,16-,17+,18?,19?,22-,23+/m0/s1. The van der Waals surface area contributed by atoms with E-state index in [1.165, 1.54) is 25.7 Å². The number of hydrogen-bond acceptors (Lipinski definition) is 2. The van der Waals surface area contributed by atoms with Gasteiger partial charge in [-0.05, 0) is 80.6 Å². The van der Waals surface area contributed by atoms with Crippen LogP contribution in [0.4, 0.5) is 0 Å². The second-order valence-electron chi connectivity index (χ2n) is 10.6. The van der Waals surface area contributed by atoms with Crippen molar-refractivity contribution >= 4 is 11.8 Å². The normalized spacial score (nSPS) is 48.6. The zero-order chi connectivity index (χ0) is 19.0. The zero-order valence-electron chi connectivity index (χ0n) is 17.0. The van der Waals surface area contributed by atoms with Crippen LogP contribution in [-0.2, 0) is 9.59 Å². The topological polar surface area (TPSA) is 49.4 Å². The van der Waals surface area contributed by atoms with Crippen LogP contribution < -0.4 is 5.32 Å². The Hall–Kier alpha value is -1.32. The van der Waals surface area contributed by atoms with Crippen LogP contribution in [0.1, 0.15) is 65.2 Å². The molecule has 2 unspecified atom stereocenters. The Balaban J connectivity index is 1.39. The van der Waals surface area contributed by atoms with Crippen molar-refractivity contribution in [1.29, 1.82) is 0 Å². The SMILES string of the molecule is CN1C(=O)C=C[C@@]2(C)C1CC[C@@H]1[C@H]2CC[C@]2(C)C(NC(=O)C3CC3)CC[C@@H]12. The van der Waals surface area contributed by atoms with E-state index in [0.29, 0.717) is 29.8 Å². The molecule has 148 valence electrons. The van der Waals surface area contributed by atoms with Crippen LogP contribution in [0.15, 0.2) is 12.2 Å². The highest BCUT2D eigenvalue weighted by Gasteiger charge is 2.60. The Labute approximate surface area is 163 Å². The highest BCUT2D eigenvalue weighted by atomic mass is 16.2. The first-order chi connectivity index (χ1) is 12.8. The zero-order valence-corrected chi connectivity index (χ0v) is 17.0. The van der Waals surface area contributed by atoms with Gasteiger partial charge in [0.15, 0.2) is 0 Å². The fourth-order valence-electron chi connectivity index (χ4n) is 7.61. The summed E-state index contributed by atoms with van der Waals surface area (Å²) < 4.78 is 0. The van der Waals surface area contributed by atoms with E-state index in [1.54, 1.807) is 0 Å². The molecule has 27 heavy (non-hydrogen) atoms. The molecule has 4 heteroatoms. The van der Waals surface area contributed by atoms with Crippen LogP contribution in [0.5, 0.6) is 0 Å². The van der Waals surface area contributed by atoms with E-state index in [4.69, 9.17) is 0 Å². The van der Waals surface area contributed by atoms with Crippen molar-refractivity contribution in [1.82, 2.24) is 10.2 Å². The smallest absolute Gasteiger partial charge is 0.246 e. The van der Waals surface area contributed by atoms with Gasteiger partial charge in [-0.2, -0.15) is 0 Å². The fraction of sp³-hybridized carbons (Fsp3) is 0.826. The van der Waals surface area contributed by atoms with Gasteiger partial charge in [0.2, 0.25) is 11.8 Å². The van der Waals surface area contributed by atoms with Gasteiger partial charge < -0.3 is 10.2 Å². The minimum absolute atomic E-state index is 0.113. The third kappa shape index (κ3) is 2.47. The Kier molecular flexibility index (Phi) is 3.84. The van der Waals surface area contributed by atoms with E-state index < -0.39 is 0 Å². The summed E-state index contributed by atoms with van der Waals surface area (Å²) in [5, 5.41) is 3.45. The number of nitrogens with one attached hydrogen (secondary N) is 1. The molecular formula is C23H34N2O2. The summed E-state index contributed by atoms with van der Waals surface area (Å²) in [6, 6.07) is 0.723. The van der Waals surface area contributed by atoms with Crippen molar-refractivity contribution in [3.63, 3.8) is 0 Å². The molecule has 0 saturated heterocycles. The van der Waals surface area contributed by atoms with Gasteiger partial charge in [-0.1, -0.05) is 19.9 Å². The Morgan fingerprint density at radius 1 is 1.07 bits per heavy atom. The maximum atomic E-state index is 12.4. The van der Waals surface area contributed by atoms with Crippen molar-refractivity contribution in [3.8, 4) is 0 Å². The summed E-state index contributed by atoms with van der Waals surface area (Å²) in [5.74, 6) is 2.90. The molecule has 0 aromatic rings. The number of likely N-dealkylation sites (N-methyl/N-ethyl adjacent to an activating group) is 1. The quantitative estimate of drug-likeness (QED) is 0.808. The predicted molar refractivity (Wildman–Crippen MR) is 105 cm³/mol. The molecule has 1 heterocycles. The summed E-state index contributed by atoms with van der Waals surface area (Å²) in [4.78, 5) is 26.6. The van der Waals surface area contributed by atoms with Gasteiger partial charge in [-0.25, -0.2) is 0 Å². The monoisotopic (exact) mass is 370 g/mol. The van der Waals surface area contributed by atoms with Gasteiger partial charge in [0.1, 0.15) is 0 Å². The minimum Gasteiger partial charge on any atom is -0.353 e. The third-order valence-electron chi connectivity index (χ3n) is 9.39. The van der Waals surface area contributed by atoms with Crippen LogP contribution in [-0.4, -0.2) is 35.8 Å². The van der Waals surface area contributed by atoms with E-state index in [9.17, 15) is 9.59 Å². The Morgan fingerprint density at radius 3 is 2.59 bits per heavy atom. The van der Waals surface area contributed by atoms with Crippen molar-refractivity contribution in [2.24, 2.45) is 34.5 Å². The van der Waals surface area contributed by atoms with Gasteiger partial charge in [0.05, 0.1) is 0 Å². The molecular weight excluding hydrogens is 336 g/mol. The first-order valence-corrected chi connectivity index (χ1v) is 11.1. The summed E-state index contributed by atoms with van der Waals surface area (Å²) in [7, 11) is 1.99. The van der Waals surface area contributed by atoms with Gasteiger partial charge in [0.25, 0.3) is 0 Å². The summed E-state index contributed by atoms with van der Waals surface area (Å²) in [6.07, 6.45) is 13.4. The fourth-order valence-corrected chi connectivity index (χ4v) is 7.61. The van der Waals surface area contributed by atoms with E-state index in [2.05, 4.69) is 25.2 Å². The van der Waals surface area contributed by atoms with Crippen LogP contribution in [0.25, 0.3) is 0 Å². The highest BCUT2D eigenvalue weighted by molar-refractivity contribution is 5.89. The lowest BCUT2D eigenvalue weighted by Gasteiger charge is -2.60. The van der Waals surface area contributed by atoms with Crippen molar-refractivity contribution in [2.75, 3.05) is 7.05 Å². The number of rotatable bonds is 2. The molecule has 0 aromatic heterocycles. The lowest BCUT2D eigenvalue weighted by Crippen LogP contribution is -2.60. The largest absolute Gasteiger partial charge is 0.353 e. The van der Waals surface area contributed by atoms with Crippen molar-refractivity contribution in [2.45, 2.75) is 77.3 Å². The second-order valence-corrected chi connectivity index (χ2v) is 10.6. The van der Waals surface area contributed by atoms with Crippen LogP contribution in [0.2, 0.25) is 0 Å². The molecule has 4 saturated carbocycles. The van der Waals surface area contributed by atoms with Crippen molar-refractivity contribution in [3.05, 3.63) is 12.2 Å². The molecule has 0 spiro atoms. The molecule has 1 N–H and O–H groups in total. The number of nitrogens with zero attached hydrogens (tertiary/aromatic N) is 1. The van der Waals surface area contributed by atoms with Crippen LogP contribution >= 0.6 is 0 Å². The second kappa shape index (κ2) is 5.84. The molecule has 5 rings (SSSR count). The van der Waals surface area contributed by atoms with E-state index >= 15 is 0 Å². The first-order valence-electron chi connectivity index (χ1n) is 11.1. The minimum atomic E-state index is 0.113. The van der Waals surface area contributed by atoms with Gasteiger partial charge in [0, 0.05) is 30.5 Å². The van der Waals surface area contributed by atoms with E-state index in [0.717, 1.165) is 37.5 Å². The molecule has 2 amide bonds. The average molecular weight is 371 g/mol. The average Bonchev–Trinajstić information content (AvgIpc) is 3.43. The predicted octanol–water partition coefficient (Wildman–Crippen LogP) is 3.52. The highest BCUT2D eigenvalue weighted by Crippen LogP contribution is 2.63. The van der Waals surface area contributed by atoms with Crippen molar-refractivity contribution < 1.29 is 9.59 Å². The molecule has 5 aliphatic rings. The Morgan fingerprint density at radius 2 is 1.85 bits per heavy atom. The molecule has 0 aromatic carbocycles. The molecule has 1 aliphatic heterocycles. The Bertz CT molecular complexity index is 698. The number of hydrogen-bond donors (Lipinski definition) is 1. The summed E-state index contributed by atoms with van der Waals surface area (Å²) >= 11 is 0. The van der Waals surface area contributed by atoms with E-state index in [1.807, 2.05) is 18.0 Å².